The van der Waals surface area contributed by atoms with Crippen LogP contribution < -0.4 is 4.74 Å². The molecule has 0 atom stereocenters. The van der Waals surface area contributed by atoms with Crippen molar-refractivity contribution in [1.82, 2.24) is 4.98 Å². The molecule has 0 spiro atoms. The number of hydrogen-bond acceptors (Lipinski definition) is 5. The molecule has 1 aromatic heterocycles. The summed E-state index contributed by atoms with van der Waals surface area (Å²) in [4.78, 5) is 24.4. The number of aromatic carboxylic acids is 1. The van der Waals surface area contributed by atoms with E-state index in [1.54, 1.807) is 0 Å². The summed E-state index contributed by atoms with van der Waals surface area (Å²) < 4.78 is 5.24. The Hall–Kier alpha value is -2.18. The largest absolute Gasteiger partial charge is 0.478 e. The first-order chi connectivity index (χ1) is 8.56. The van der Waals surface area contributed by atoms with E-state index in [-0.39, 0.29) is 5.88 Å². The minimum Gasteiger partial charge on any atom is -0.478 e. The van der Waals surface area contributed by atoms with Gasteiger partial charge in [0.15, 0.2) is 0 Å². The molecular formula is C11H14N2O5. The Morgan fingerprint density at radius 3 is 2.83 bits per heavy atom. The zero-order valence-corrected chi connectivity index (χ0v) is 9.96. The van der Waals surface area contributed by atoms with Gasteiger partial charge in [-0.25, -0.2) is 9.78 Å². The summed E-state index contributed by atoms with van der Waals surface area (Å²) in [5.74, 6) is -1.28. The molecule has 0 saturated carbocycles. The number of carbonyl (C=O) groups is 1. The molecule has 1 N–H and O–H groups in total. The number of unbranched alkanes of at least 4 members (excludes halogenated alkanes) is 2. The quantitative estimate of drug-likeness (QED) is 0.454. The SMILES string of the molecule is CCCCCOc1cc(C(=O)O)c([N+](=O)[O-])cn1. The molecule has 1 rings (SSSR count). The van der Waals surface area contributed by atoms with E-state index < -0.39 is 22.1 Å². The molecule has 0 aliphatic heterocycles. The van der Waals surface area contributed by atoms with Gasteiger partial charge in [-0.3, -0.25) is 10.1 Å². The highest BCUT2D eigenvalue weighted by Crippen LogP contribution is 2.21. The second kappa shape index (κ2) is 6.53. The van der Waals surface area contributed by atoms with Crippen LogP contribution in [0.1, 0.15) is 36.5 Å². The predicted molar refractivity (Wildman–Crippen MR) is 62.9 cm³/mol. The van der Waals surface area contributed by atoms with E-state index in [1.165, 1.54) is 0 Å². The summed E-state index contributed by atoms with van der Waals surface area (Å²) in [6.07, 6.45) is 3.77. The Morgan fingerprint density at radius 1 is 1.56 bits per heavy atom. The molecule has 98 valence electrons. The first-order valence-corrected chi connectivity index (χ1v) is 5.56. The average Bonchev–Trinajstić information content (AvgIpc) is 2.34. The van der Waals surface area contributed by atoms with Crippen molar-refractivity contribution in [2.75, 3.05) is 6.61 Å². The Bertz CT molecular complexity index is 447. The predicted octanol–water partition coefficient (Wildman–Crippen LogP) is 2.26. The van der Waals surface area contributed by atoms with Crippen molar-refractivity contribution in [1.29, 1.82) is 0 Å². The van der Waals surface area contributed by atoms with Gasteiger partial charge in [-0.2, -0.15) is 0 Å². The lowest BCUT2D eigenvalue weighted by Gasteiger charge is -2.05. The molecule has 7 heteroatoms. The van der Waals surface area contributed by atoms with Crippen LogP contribution in [0, 0.1) is 10.1 Å². The lowest BCUT2D eigenvalue weighted by molar-refractivity contribution is -0.385. The first-order valence-electron chi connectivity index (χ1n) is 5.56. The van der Waals surface area contributed by atoms with Gasteiger partial charge in [0, 0.05) is 6.07 Å². The fraction of sp³-hybridized carbons (Fsp3) is 0.455. The number of hydrogen-bond donors (Lipinski definition) is 1. The molecule has 0 unspecified atom stereocenters. The Balaban J connectivity index is 2.80. The monoisotopic (exact) mass is 254 g/mol. The second-order valence-electron chi connectivity index (χ2n) is 3.66. The van der Waals surface area contributed by atoms with Gasteiger partial charge >= 0.3 is 11.7 Å². The number of pyridine rings is 1. The van der Waals surface area contributed by atoms with E-state index in [9.17, 15) is 14.9 Å². The number of nitro groups is 1. The van der Waals surface area contributed by atoms with Crippen molar-refractivity contribution >= 4 is 11.7 Å². The van der Waals surface area contributed by atoms with Gasteiger partial charge in [0.1, 0.15) is 11.8 Å². The Labute approximate surface area is 104 Å². The topological polar surface area (TPSA) is 103 Å². The van der Waals surface area contributed by atoms with Crippen LogP contribution in [0.2, 0.25) is 0 Å². The summed E-state index contributed by atoms with van der Waals surface area (Å²) >= 11 is 0. The number of carboxylic acids is 1. The fourth-order valence-electron chi connectivity index (χ4n) is 1.35. The number of aromatic nitrogens is 1. The van der Waals surface area contributed by atoms with Crippen molar-refractivity contribution in [2.45, 2.75) is 26.2 Å². The van der Waals surface area contributed by atoms with Crippen LogP contribution in [0.3, 0.4) is 0 Å². The minimum absolute atomic E-state index is 0.0918. The lowest BCUT2D eigenvalue weighted by atomic mass is 10.2. The number of carboxylic acid groups (broad SMARTS) is 1. The summed E-state index contributed by atoms with van der Waals surface area (Å²) in [6, 6.07) is 1.08. The second-order valence-corrected chi connectivity index (χ2v) is 3.66. The molecule has 18 heavy (non-hydrogen) atoms. The van der Waals surface area contributed by atoms with Crippen LogP contribution in [0.4, 0.5) is 5.69 Å². The van der Waals surface area contributed by atoms with Gasteiger partial charge in [0.2, 0.25) is 5.88 Å². The van der Waals surface area contributed by atoms with Crippen molar-refractivity contribution in [3.05, 3.63) is 27.9 Å². The molecule has 0 aliphatic rings. The molecule has 0 radical (unpaired) electrons. The number of rotatable bonds is 7. The third-order valence-electron chi connectivity index (χ3n) is 2.28. The summed E-state index contributed by atoms with van der Waals surface area (Å²) in [6.45, 7) is 2.46. The van der Waals surface area contributed by atoms with Gasteiger partial charge < -0.3 is 9.84 Å². The summed E-state index contributed by atoms with van der Waals surface area (Å²) in [5.41, 5.74) is -0.955. The maximum Gasteiger partial charge on any atom is 0.342 e. The van der Waals surface area contributed by atoms with Gasteiger partial charge in [-0.15, -0.1) is 0 Å². The Kier molecular flexibility index (Phi) is 5.04. The van der Waals surface area contributed by atoms with Crippen molar-refractivity contribution in [2.24, 2.45) is 0 Å². The van der Waals surface area contributed by atoms with E-state index in [0.717, 1.165) is 31.5 Å². The highest BCUT2D eigenvalue weighted by Gasteiger charge is 2.21. The first kappa shape index (κ1) is 13.9. The lowest BCUT2D eigenvalue weighted by Crippen LogP contribution is -2.06. The van der Waals surface area contributed by atoms with Crippen LogP contribution in [0.25, 0.3) is 0 Å². The van der Waals surface area contributed by atoms with Crippen LogP contribution in [0.5, 0.6) is 5.88 Å². The highest BCUT2D eigenvalue weighted by atomic mass is 16.6. The van der Waals surface area contributed by atoms with E-state index in [2.05, 4.69) is 4.98 Å². The van der Waals surface area contributed by atoms with Crippen molar-refractivity contribution in [3.63, 3.8) is 0 Å². The van der Waals surface area contributed by atoms with E-state index in [1.807, 2.05) is 6.92 Å². The number of nitrogens with zero attached hydrogens (tertiary/aromatic N) is 2. The van der Waals surface area contributed by atoms with E-state index >= 15 is 0 Å². The molecule has 0 aliphatic carbocycles. The standard InChI is InChI=1S/C11H14N2O5/c1-2-3-4-5-18-10-6-8(11(14)15)9(7-12-10)13(16)17/h6-7H,2-5H2,1H3,(H,14,15). The minimum atomic E-state index is -1.37. The summed E-state index contributed by atoms with van der Waals surface area (Å²) in [5, 5.41) is 19.5. The Morgan fingerprint density at radius 2 is 2.28 bits per heavy atom. The molecule has 0 saturated heterocycles. The molecular weight excluding hydrogens is 240 g/mol. The zero-order chi connectivity index (χ0) is 13.5. The fourth-order valence-corrected chi connectivity index (χ4v) is 1.35. The molecule has 0 aromatic carbocycles. The third kappa shape index (κ3) is 3.69. The molecule has 0 bridgehead atoms. The molecule has 1 aromatic rings. The van der Waals surface area contributed by atoms with Gasteiger partial charge in [-0.1, -0.05) is 19.8 Å². The van der Waals surface area contributed by atoms with Gasteiger partial charge in [-0.05, 0) is 6.42 Å². The molecule has 1 heterocycles. The zero-order valence-electron chi connectivity index (χ0n) is 9.96. The number of ether oxygens (including phenoxy) is 1. The normalized spacial score (nSPS) is 10.1. The van der Waals surface area contributed by atoms with Crippen LogP contribution in [-0.2, 0) is 0 Å². The summed E-state index contributed by atoms with van der Waals surface area (Å²) in [7, 11) is 0. The molecule has 0 amide bonds. The van der Waals surface area contributed by atoms with Crippen LogP contribution in [0.15, 0.2) is 12.3 Å². The van der Waals surface area contributed by atoms with Crippen molar-refractivity contribution < 1.29 is 19.6 Å². The molecule has 7 nitrogen and oxygen atoms in total. The highest BCUT2D eigenvalue weighted by molar-refractivity contribution is 5.92. The third-order valence-corrected chi connectivity index (χ3v) is 2.28. The smallest absolute Gasteiger partial charge is 0.342 e. The van der Waals surface area contributed by atoms with E-state index in [0.29, 0.717) is 6.61 Å². The van der Waals surface area contributed by atoms with Gasteiger partial charge in [0.25, 0.3) is 0 Å². The van der Waals surface area contributed by atoms with E-state index in [4.69, 9.17) is 9.84 Å². The average molecular weight is 254 g/mol. The van der Waals surface area contributed by atoms with Gasteiger partial charge in [0.05, 0.1) is 11.5 Å². The molecule has 0 fully saturated rings. The maximum absolute atomic E-state index is 10.9. The van der Waals surface area contributed by atoms with Crippen molar-refractivity contribution in [3.8, 4) is 5.88 Å². The van der Waals surface area contributed by atoms with Crippen LogP contribution >= 0.6 is 0 Å². The van der Waals surface area contributed by atoms with Crippen LogP contribution in [-0.4, -0.2) is 27.6 Å². The maximum atomic E-state index is 10.9.